The van der Waals surface area contributed by atoms with Crippen molar-refractivity contribution in [3.63, 3.8) is 0 Å². The first-order valence-corrected chi connectivity index (χ1v) is 16.3. The minimum Gasteiger partial charge on any atom is -0.508 e. The Morgan fingerprint density at radius 3 is 1.06 bits per heavy atom. The lowest BCUT2D eigenvalue weighted by Gasteiger charge is -2.23. The number of ether oxygens (including phenoxy) is 6. The molecular weight excluding hydrogens is 656 g/mol. The molecule has 13 heteroatoms. The van der Waals surface area contributed by atoms with Crippen LogP contribution in [0.1, 0.15) is 32.8 Å². The molecule has 49 heavy (non-hydrogen) atoms. The zero-order chi connectivity index (χ0) is 35.9. The Balaban J connectivity index is 2.00. The van der Waals surface area contributed by atoms with E-state index in [9.17, 15) is 28.8 Å². The molecule has 0 radical (unpaired) electrons. The molecule has 12 nitrogen and oxygen atoms in total. The minimum absolute atomic E-state index is 0.125. The zero-order valence-electron chi connectivity index (χ0n) is 27.7. The van der Waals surface area contributed by atoms with Crippen molar-refractivity contribution >= 4 is 22.0 Å². The van der Waals surface area contributed by atoms with Crippen molar-refractivity contribution in [3.8, 4) is 57.5 Å². The van der Waals surface area contributed by atoms with Gasteiger partial charge in [-0.3, -0.25) is 0 Å². The van der Waals surface area contributed by atoms with Crippen LogP contribution >= 0.6 is 0 Å². The van der Waals surface area contributed by atoms with Crippen LogP contribution in [0.3, 0.4) is 0 Å². The van der Waals surface area contributed by atoms with Gasteiger partial charge in [0.05, 0.1) is 53.8 Å². The fourth-order valence-corrected chi connectivity index (χ4v) is 7.26. The Kier molecular flexibility index (Phi) is 11.4. The van der Waals surface area contributed by atoms with Gasteiger partial charge in [0, 0.05) is 24.3 Å². The van der Waals surface area contributed by atoms with Crippen molar-refractivity contribution < 1.29 is 57.3 Å². The third-order valence-electron chi connectivity index (χ3n) is 7.70. The Bertz CT molecular complexity index is 1780. The first-order valence-electron chi connectivity index (χ1n) is 14.6. The fourth-order valence-electron chi connectivity index (χ4n) is 5.29. The number of methoxy groups -OCH3 is 6. The third-order valence-corrected chi connectivity index (χ3v) is 9.98. The van der Waals surface area contributed by atoms with Gasteiger partial charge in [-0.15, -0.1) is 0 Å². The maximum absolute atomic E-state index is 15.0. The third kappa shape index (κ3) is 7.73. The van der Waals surface area contributed by atoms with E-state index < -0.39 is 20.3 Å². The summed E-state index contributed by atoms with van der Waals surface area (Å²) in [6.45, 7) is 0. The predicted octanol–water partition coefficient (Wildman–Crippen LogP) is 6.18. The first-order chi connectivity index (χ1) is 23.4. The van der Waals surface area contributed by atoms with Gasteiger partial charge in [-0.2, -0.15) is 0 Å². The molecule has 4 N–H and O–H groups in total. The summed E-state index contributed by atoms with van der Waals surface area (Å²) in [6, 6.07) is 13.9. The molecule has 0 aliphatic rings. The molecule has 0 amide bonds. The highest BCUT2D eigenvalue weighted by Crippen LogP contribution is 2.44. The van der Waals surface area contributed by atoms with Gasteiger partial charge in [-0.1, -0.05) is 24.3 Å². The number of phenolic OH excluding ortho intramolecular Hbond substituents is 4. The molecule has 4 aromatic carbocycles. The fraction of sp³-hybridized carbons (Fsp3) is 0.222. The molecular formula is C36H38O12S. The number of phenols is 4. The SMILES string of the molecule is COc1ccc(C(/C=C/c2c(OC)cc(O)cc2OC)S(=O)(=O)C(/C=C/c2c(OC)cc(O)cc2OC)c2ccc(OC)c(O)c2)cc1O. The summed E-state index contributed by atoms with van der Waals surface area (Å²) in [6.07, 6.45) is 5.78. The van der Waals surface area contributed by atoms with Gasteiger partial charge in [-0.05, 0) is 47.5 Å². The van der Waals surface area contributed by atoms with Crippen LogP contribution in [0.25, 0.3) is 12.2 Å². The first kappa shape index (κ1) is 36.2. The van der Waals surface area contributed by atoms with E-state index >= 15 is 0 Å². The highest BCUT2D eigenvalue weighted by Gasteiger charge is 2.35. The van der Waals surface area contributed by atoms with Crippen LogP contribution in [0.2, 0.25) is 0 Å². The van der Waals surface area contributed by atoms with E-state index in [0.29, 0.717) is 11.1 Å². The van der Waals surface area contributed by atoms with E-state index in [1.807, 2.05) is 0 Å². The highest BCUT2D eigenvalue weighted by molar-refractivity contribution is 7.92. The summed E-state index contributed by atoms with van der Waals surface area (Å²) >= 11 is 0. The Morgan fingerprint density at radius 2 is 0.796 bits per heavy atom. The van der Waals surface area contributed by atoms with Crippen LogP contribution in [0, 0.1) is 0 Å². The molecule has 0 heterocycles. The van der Waals surface area contributed by atoms with Gasteiger partial charge in [0.25, 0.3) is 0 Å². The summed E-state index contributed by atoms with van der Waals surface area (Å²) in [5, 5.41) is 38.9. The average Bonchev–Trinajstić information content (AvgIpc) is 3.08. The molecule has 0 aliphatic carbocycles. The summed E-state index contributed by atoms with van der Waals surface area (Å²) in [4.78, 5) is 0. The van der Waals surface area contributed by atoms with Crippen molar-refractivity contribution in [1.82, 2.24) is 0 Å². The lowest BCUT2D eigenvalue weighted by molar-refractivity contribution is 0.373. The molecule has 0 aliphatic heterocycles. The van der Waals surface area contributed by atoms with Crippen LogP contribution in [0.4, 0.5) is 0 Å². The van der Waals surface area contributed by atoms with Crippen LogP contribution < -0.4 is 28.4 Å². The van der Waals surface area contributed by atoms with Gasteiger partial charge in [0.15, 0.2) is 32.8 Å². The van der Waals surface area contributed by atoms with E-state index in [2.05, 4.69) is 0 Å². The minimum atomic E-state index is -4.42. The summed E-state index contributed by atoms with van der Waals surface area (Å²) in [5.41, 5.74) is 1.05. The molecule has 4 rings (SSSR count). The normalized spacial score (nSPS) is 12.9. The Morgan fingerprint density at radius 1 is 0.490 bits per heavy atom. The van der Waals surface area contributed by atoms with Gasteiger partial charge in [-0.25, -0.2) is 8.42 Å². The molecule has 0 aromatic heterocycles. The van der Waals surface area contributed by atoms with E-state index in [-0.39, 0.29) is 68.6 Å². The van der Waals surface area contributed by atoms with E-state index in [1.165, 1.54) is 128 Å². The monoisotopic (exact) mass is 694 g/mol. The van der Waals surface area contributed by atoms with Gasteiger partial charge < -0.3 is 48.8 Å². The second-order valence-corrected chi connectivity index (χ2v) is 12.7. The van der Waals surface area contributed by atoms with E-state index in [0.717, 1.165) is 0 Å². The number of hydrogen-bond donors (Lipinski definition) is 4. The van der Waals surface area contributed by atoms with Crippen LogP contribution in [0.15, 0.2) is 72.8 Å². The molecule has 0 saturated heterocycles. The van der Waals surface area contributed by atoms with E-state index in [1.54, 1.807) is 0 Å². The average molecular weight is 695 g/mol. The smallest absolute Gasteiger partial charge is 0.171 e. The Labute approximate surface area is 284 Å². The largest absolute Gasteiger partial charge is 0.508 e. The van der Waals surface area contributed by atoms with Gasteiger partial charge >= 0.3 is 0 Å². The van der Waals surface area contributed by atoms with Crippen molar-refractivity contribution in [3.05, 3.63) is 95.1 Å². The number of rotatable bonds is 14. The maximum Gasteiger partial charge on any atom is 0.171 e. The second-order valence-electron chi connectivity index (χ2n) is 10.5. The summed E-state index contributed by atoms with van der Waals surface area (Å²) in [7, 11) is 3.90. The summed E-state index contributed by atoms with van der Waals surface area (Å²) < 4.78 is 62.2. The lowest BCUT2D eigenvalue weighted by Crippen LogP contribution is -2.19. The summed E-state index contributed by atoms with van der Waals surface area (Å²) in [5.74, 6) is 0.286. The molecule has 0 saturated carbocycles. The van der Waals surface area contributed by atoms with Gasteiger partial charge in [0.1, 0.15) is 45.0 Å². The molecule has 2 unspecified atom stereocenters. The standard InChI is InChI=1S/C36H38O12S/c1-43-29-11-7-21(15-27(29)39)35(13-9-25-31(45-3)17-23(37)18-32(25)46-4)49(41,42)36(22-8-12-30(44-2)28(40)16-22)14-10-26-33(47-5)19-24(38)20-34(26)48-6/h7-20,35-40H,1-6H3/b13-9+,14-10+. The number of benzene rings is 4. The van der Waals surface area contributed by atoms with Crippen LogP contribution in [0.5, 0.6) is 57.5 Å². The molecule has 0 bridgehead atoms. The molecule has 2 atom stereocenters. The zero-order valence-corrected chi connectivity index (χ0v) is 28.5. The lowest BCUT2D eigenvalue weighted by atomic mass is 10.1. The predicted molar refractivity (Wildman–Crippen MR) is 184 cm³/mol. The number of sulfone groups is 1. The topological polar surface area (TPSA) is 170 Å². The Hall–Kier alpha value is -5.69. The molecule has 0 fully saturated rings. The van der Waals surface area contributed by atoms with Crippen LogP contribution in [-0.2, 0) is 9.84 Å². The number of hydrogen-bond acceptors (Lipinski definition) is 12. The second kappa shape index (κ2) is 15.5. The molecule has 4 aromatic rings. The van der Waals surface area contributed by atoms with Crippen molar-refractivity contribution in [2.45, 2.75) is 10.5 Å². The van der Waals surface area contributed by atoms with Crippen molar-refractivity contribution in [2.75, 3.05) is 42.7 Å². The van der Waals surface area contributed by atoms with Gasteiger partial charge in [0.2, 0.25) is 0 Å². The number of aromatic hydroxyl groups is 4. The maximum atomic E-state index is 15.0. The van der Waals surface area contributed by atoms with Crippen molar-refractivity contribution in [2.24, 2.45) is 0 Å². The quantitative estimate of drug-likeness (QED) is 0.118. The van der Waals surface area contributed by atoms with E-state index in [4.69, 9.17) is 28.4 Å². The highest BCUT2D eigenvalue weighted by atomic mass is 32.2. The van der Waals surface area contributed by atoms with Crippen LogP contribution in [-0.4, -0.2) is 71.5 Å². The molecule has 0 spiro atoms. The molecule has 260 valence electrons. The van der Waals surface area contributed by atoms with Crippen molar-refractivity contribution in [1.29, 1.82) is 0 Å².